The van der Waals surface area contributed by atoms with E-state index < -0.39 is 0 Å². The number of rotatable bonds is 3. The summed E-state index contributed by atoms with van der Waals surface area (Å²) in [5.41, 5.74) is 7.68. The molecule has 0 bridgehead atoms. The topological polar surface area (TPSA) is 48.1 Å². The zero-order valence-corrected chi connectivity index (χ0v) is 10.5. The Hall–Kier alpha value is -1.61. The molecule has 0 amide bonds. The van der Waals surface area contributed by atoms with E-state index in [9.17, 15) is 0 Å². The van der Waals surface area contributed by atoms with Gasteiger partial charge in [-0.15, -0.1) is 0 Å². The Morgan fingerprint density at radius 3 is 2.65 bits per heavy atom. The molecule has 2 N–H and O–H groups in total. The molecule has 0 aliphatic carbocycles. The van der Waals surface area contributed by atoms with Crippen molar-refractivity contribution in [2.45, 2.75) is 19.3 Å². The second-order valence-corrected chi connectivity index (χ2v) is 4.84. The minimum absolute atomic E-state index is 0.0892. The highest BCUT2D eigenvalue weighted by atomic mass is 16.5. The fourth-order valence-electron chi connectivity index (χ4n) is 1.71. The van der Waals surface area contributed by atoms with E-state index in [4.69, 9.17) is 10.5 Å². The maximum atomic E-state index is 5.77. The van der Waals surface area contributed by atoms with Crippen LogP contribution in [0.1, 0.15) is 19.5 Å². The Labute approximate surface area is 102 Å². The molecule has 0 unspecified atom stereocenters. The first-order chi connectivity index (χ1) is 8.06. The molecular weight excluding hydrogens is 212 g/mol. The molecule has 1 aromatic carbocycles. The molecule has 1 heterocycles. The fraction of sp³-hybridized carbons (Fsp3) is 0.357. The van der Waals surface area contributed by atoms with Crippen LogP contribution < -0.4 is 10.5 Å². The predicted molar refractivity (Wildman–Crippen MR) is 70.4 cm³/mol. The Bertz CT molecular complexity index is 535. The lowest BCUT2D eigenvalue weighted by Crippen LogP contribution is -2.29. The van der Waals surface area contributed by atoms with E-state index in [1.807, 2.05) is 24.3 Å². The number of nitrogens with two attached hydrogens (primary N) is 1. The maximum Gasteiger partial charge on any atom is 0.119 e. The summed E-state index contributed by atoms with van der Waals surface area (Å²) < 4.78 is 5.19. The fourth-order valence-corrected chi connectivity index (χ4v) is 1.71. The van der Waals surface area contributed by atoms with Gasteiger partial charge in [-0.2, -0.15) is 0 Å². The molecule has 0 radical (unpaired) electrons. The number of ether oxygens (including phenoxy) is 1. The highest BCUT2D eigenvalue weighted by molar-refractivity contribution is 5.80. The van der Waals surface area contributed by atoms with Gasteiger partial charge in [0.2, 0.25) is 0 Å². The number of pyridine rings is 1. The van der Waals surface area contributed by atoms with Gasteiger partial charge < -0.3 is 10.5 Å². The average molecular weight is 230 g/mol. The molecule has 2 rings (SSSR count). The summed E-state index contributed by atoms with van der Waals surface area (Å²) in [6.45, 7) is 4.79. The Morgan fingerprint density at radius 1 is 1.24 bits per heavy atom. The van der Waals surface area contributed by atoms with E-state index in [0.29, 0.717) is 6.54 Å². The summed E-state index contributed by atoms with van der Waals surface area (Å²) in [4.78, 5) is 4.66. The van der Waals surface area contributed by atoms with Crippen molar-refractivity contribution in [3.63, 3.8) is 0 Å². The van der Waals surface area contributed by atoms with Crippen molar-refractivity contribution in [2.24, 2.45) is 5.73 Å². The number of benzene rings is 1. The molecule has 0 fully saturated rings. The van der Waals surface area contributed by atoms with Crippen LogP contribution >= 0.6 is 0 Å². The minimum atomic E-state index is -0.0892. The summed E-state index contributed by atoms with van der Waals surface area (Å²) in [7, 11) is 1.67. The zero-order valence-electron chi connectivity index (χ0n) is 10.5. The normalized spacial score (nSPS) is 11.8. The van der Waals surface area contributed by atoms with Gasteiger partial charge in [-0.3, -0.25) is 4.98 Å². The van der Waals surface area contributed by atoms with Gasteiger partial charge in [-0.25, -0.2) is 0 Å². The van der Waals surface area contributed by atoms with Crippen molar-refractivity contribution in [3.8, 4) is 5.75 Å². The Kier molecular flexibility index (Phi) is 3.03. The molecule has 0 atom stereocenters. The van der Waals surface area contributed by atoms with Crippen LogP contribution in [0.3, 0.4) is 0 Å². The van der Waals surface area contributed by atoms with Gasteiger partial charge in [0, 0.05) is 23.0 Å². The second-order valence-electron chi connectivity index (χ2n) is 4.84. The summed E-state index contributed by atoms with van der Waals surface area (Å²) >= 11 is 0. The van der Waals surface area contributed by atoms with Crippen LogP contribution in [-0.2, 0) is 5.41 Å². The smallest absolute Gasteiger partial charge is 0.119 e. The zero-order chi connectivity index (χ0) is 12.5. The van der Waals surface area contributed by atoms with Crippen LogP contribution in [0.5, 0.6) is 5.75 Å². The van der Waals surface area contributed by atoms with Crippen LogP contribution in [0.25, 0.3) is 10.9 Å². The summed E-state index contributed by atoms with van der Waals surface area (Å²) in [5, 5.41) is 1.08. The third kappa shape index (κ3) is 2.24. The van der Waals surface area contributed by atoms with Crippen molar-refractivity contribution in [3.05, 3.63) is 36.0 Å². The molecule has 0 saturated carbocycles. The number of methoxy groups -OCH3 is 1. The summed E-state index contributed by atoms with van der Waals surface area (Å²) in [6.07, 6.45) is 0. The number of aromatic nitrogens is 1. The molecular formula is C14H18N2O. The first kappa shape index (κ1) is 11.9. The standard InChI is InChI=1S/C14H18N2O/c1-14(2,9-15)13-7-4-10-8-11(17-3)5-6-12(10)16-13/h4-8H,9,15H2,1-3H3. The molecule has 0 aliphatic rings. The van der Waals surface area contributed by atoms with Crippen LogP contribution in [0.2, 0.25) is 0 Å². The monoisotopic (exact) mass is 230 g/mol. The lowest BCUT2D eigenvalue weighted by Gasteiger charge is -2.21. The van der Waals surface area contributed by atoms with Gasteiger partial charge in [-0.1, -0.05) is 19.9 Å². The maximum absolute atomic E-state index is 5.77. The van der Waals surface area contributed by atoms with E-state index >= 15 is 0 Å². The molecule has 2 aromatic rings. The van der Waals surface area contributed by atoms with Crippen LogP contribution in [0, 0.1) is 0 Å². The summed E-state index contributed by atoms with van der Waals surface area (Å²) in [5.74, 6) is 0.852. The average Bonchev–Trinajstić information content (AvgIpc) is 2.37. The number of hydrogen-bond donors (Lipinski definition) is 1. The van der Waals surface area contributed by atoms with Crippen LogP contribution in [-0.4, -0.2) is 18.6 Å². The van der Waals surface area contributed by atoms with E-state index in [1.54, 1.807) is 7.11 Å². The Balaban J connectivity index is 2.52. The van der Waals surface area contributed by atoms with Gasteiger partial charge >= 0.3 is 0 Å². The van der Waals surface area contributed by atoms with Gasteiger partial charge in [0.25, 0.3) is 0 Å². The van der Waals surface area contributed by atoms with Gasteiger partial charge in [0.1, 0.15) is 5.75 Å². The second kappa shape index (κ2) is 4.34. The van der Waals surface area contributed by atoms with Crippen molar-refractivity contribution in [1.29, 1.82) is 0 Å². The lowest BCUT2D eigenvalue weighted by molar-refractivity contribution is 0.415. The van der Waals surface area contributed by atoms with E-state index in [0.717, 1.165) is 22.3 Å². The SMILES string of the molecule is COc1ccc2nc(C(C)(C)CN)ccc2c1. The molecule has 0 saturated heterocycles. The third-order valence-corrected chi connectivity index (χ3v) is 3.10. The van der Waals surface area contributed by atoms with Gasteiger partial charge in [-0.05, 0) is 24.3 Å². The highest BCUT2D eigenvalue weighted by Gasteiger charge is 2.20. The van der Waals surface area contributed by atoms with E-state index in [2.05, 4.69) is 24.9 Å². The molecule has 3 heteroatoms. The number of fused-ring (bicyclic) bond motifs is 1. The molecule has 0 spiro atoms. The van der Waals surface area contributed by atoms with Crippen molar-refractivity contribution < 1.29 is 4.74 Å². The number of nitrogens with zero attached hydrogens (tertiary/aromatic N) is 1. The van der Waals surface area contributed by atoms with Crippen molar-refractivity contribution >= 4 is 10.9 Å². The van der Waals surface area contributed by atoms with Crippen molar-refractivity contribution in [2.75, 3.05) is 13.7 Å². The largest absolute Gasteiger partial charge is 0.497 e. The first-order valence-electron chi connectivity index (χ1n) is 5.72. The predicted octanol–water partition coefficient (Wildman–Crippen LogP) is 2.48. The first-order valence-corrected chi connectivity index (χ1v) is 5.72. The Morgan fingerprint density at radius 2 is 2.00 bits per heavy atom. The summed E-state index contributed by atoms with van der Waals surface area (Å²) in [6, 6.07) is 9.99. The van der Waals surface area contributed by atoms with Crippen molar-refractivity contribution in [1.82, 2.24) is 4.98 Å². The van der Waals surface area contributed by atoms with Crippen LogP contribution in [0.4, 0.5) is 0 Å². The molecule has 1 aromatic heterocycles. The molecule has 17 heavy (non-hydrogen) atoms. The molecule has 3 nitrogen and oxygen atoms in total. The third-order valence-electron chi connectivity index (χ3n) is 3.10. The van der Waals surface area contributed by atoms with Gasteiger partial charge in [0.15, 0.2) is 0 Å². The molecule has 0 aliphatic heterocycles. The lowest BCUT2D eigenvalue weighted by atomic mass is 9.89. The number of hydrogen-bond acceptors (Lipinski definition) is 3. The van der Waals surface area contributed by atoms with Crippen LogP contribution in [0.15, 0.2) is 30.3 Å². The minimum Gasteiger partial charge on any atom is -0.497 e. The molecule has 90 valence electrons. The quantitative estimate of drug-likeness (QED) is 0.881. The van der Waals surface area contributed by atoms with E-state index in [1.165, 1.54) is 0 Å². The highest BCUT2D eigenvalue weighted by Crippen LogP contribution is 2.24. The van der Waals surface area contributed by atoms with Gasteiger partial charge in [0.05, 0.1) is 12.6 Å². The van der Waals surface area contributed by atoms with E-state index in [-0.39, 0.29) is 5.41 Å².